The first-order chi connectivity index (χ1) is 9.56. The van der Waals surface area contributed by atoms with E-state index < -0.39 is 5.97 Å². The lowest BCUT2D eigenvalue weighted by molar-refractivity contribution is -0.138. The zero-order chi connectivity index (χ0) is 14.5. The van der Waals surface area contributed by atoms with Crippen molar-refractivity contribution in [2.45, 2.75) is 38.1 Å². The maximum absolute atomic E-state index is 12.2. The molecule has 0 aliphatic heterocycles. The van der Waals surface area contributed by atoms with Crippen molar-refractivity contribution in [3.8, 4) is 0 Å². The zero-order valence-electron chi connectivity index (χ0n) is 11.4. The largest absolute Gasteiger partial charge is 0.481 e. The molecule has 5 heteroatoms. The Labute approximate surface area is 118 Å². The highest BCUT2D eigenvalue weighted by Gasteiger charge is 2.32. The van der Waals surface area contributed by atoms with Crippen LogP contribution in [0.1, 0.15) is 31.2 Å². The van der Waals surface area contributed by atoms with Crippen LogP contribution in [0.25, 0.3) is 0 Å². The van der Waals surface area contributed by atoms with Gasteiger partial charge in [0, 0.05) is 24.7 Å². The Balaban J connectivity index is 1.85. The third-order valence-electron chi connectivity index (χ3n) is 3.48. The standard InChI is InChI=1S/C15H20N2O3/c16-12-4-1-11(2-5-12)3-8-14(18)17(13-6-7-13)10-9-15(19)20/h1-2,4-5,13H,3,6-10,16H2,(H,19,20). The predicted molar refractivity (Wildman–Crippen MR) is 76.2 cm³/mol. The van der Waals surface area contributed by atoms with Gasteiger partial charge in [-0.25, -0.2) is 0 Å². The number of carbonyl (C=O) groups is 2. The molecular weight excluding hydrogens is 256 g/mol. The van der Waals surface area contributed by atoms with Crippen LogP contribution in [0.5, 0.6) is 0 Å². The second kappa shape index (κ2) is 6.41. The van der Waals surface area contributed by atoms with Gasteiger partial charge >= 0.3 is 5.97 Å². The van der Waals surface area contributed by atoms with Crippen LogP contribution in [-0.2, 0) is 16.0 Å². The average molecular weight is 276 g/mol. The zero-order valence-corrected chi connectivity index (χ0v) is 11.4. The molecule has 1 aliphatic carbocycles. The van der Waals surface area contributed by atoms with Crippen LogP contribution in [0.3, 0.4) is 0 Å². The van der Waals surface area contributed by atoms with Gasteiger partial charge in [0.05, 0.1) is 6.42 Å². The first-order valence-corrected chi connectivity index (χ1v) is 6.92. The molecule has 0 aromatic heterocycles. The number of hydrogen-bond acceptors (Lipinski definition) is 3. The molecule has 1 amide bonds. The van der Waals surface area contributed by atoms with Crippen molar-refractivity contribution in [2.75, 3.05) is 12.3 Å². The van der Waals surface area contributed by atoms with E-state index >= 15 is 0 Å². The van der Waals surface area contributed by atoms with E-state index in [4.69, 9.17) is 10.8 Å². The van der Waals surface area contributed by atoms with E-state index in [2.05, 4.69) is 0 Å². The molecule has 3 N–H and O–H groups in total. The fourth-order valence-corrected chi connectivity index (χ4v) is 2.19. The van der Waals surface area contributed by atoms with Gasteiger partial charge in [0.15, 0.2) is 0 Å². The number of nitrogens with two attached hydrogens (primary N) is 1. The Morgan fingerprint density at radius 1 is 1.20 bits per heavy atom. The van der Waals surface area contributed by atoms with E-state index in [1.165, 1.54) is 0 Å². The molecule has 2 rings (SSSR count). The van der Waals surface area contributed by atoms with E-state index in [0.717, 1.165) is 18.4 Å². The summed E-state index contributed by atoms with van der Waals surface area (Å²) >= 11 is 0. The number of carbonyl (C=O) groups excluding carboxylic acids is 1. The van der Waals surface area contributed by atoms with E-state index in [-0.39, 0.29) is 18.4 Å². The van der Waals surface area contributed by atoms with Crippen LogP contribution in [-0.4, -0.2) is 34.5 Å². The topological polar surface area (TPSA) is 83.6 Å². The summed E-state index contributed by atoms with van der Waals surface area (Å²) in [6.07, 6.45) is 3.08. The number of anilines is 1. The SMILES string of the molecule is Nc1ccc(CCC(=O)N(CCC(=O)O)C2CC2)cc1. The molecule has 1 fully saturated rings. The van der Waals surface area contributed by atoms with Crippen LogP contribution in [0.4, 0.5) is 5.69 Å². The molecule has 0 bridgehead atoms. The van der Waals surface area contributed by atoms with Crippen LogP contribution in [0, 0.1) is 0 Å². The normalized spacial score (nSPS) is 14.0. The van der Waals surface area contributed by atoms with Crippen molar-refractivity contribution in [1.29, 1.82) is 0 Å². The van der Waals surface area contributed by atoms with Gasteiger partial charge in [0.1, 0.15) is 0 Å². The number of aryl methyl sites for hydroxylation is 1. The summed E-state index contributed by atoms with van der Waals surface area (Å²) in [7, 11) is 0. The maximum atomic E-state index is 12.2. The van der Waals surface area contributed by atoms with Crippen LogP contribution in [0.2, 0.25) is 0 Å². The third kappa shape index (κ3) is 4.26. The Bertz CT molecular complexity index is 480. The van der Waals surface area contributed by atoms with Gasteiger partial charge in [-0.1, -0.05) is 12.1 Å². The molecule has 1 aromatic carbocycles. The number of carboxylic acids is 1. The summed E-state index contributed by atoms with van der Waals surface area (Å²) in [5, 5.41) is 8.73. The summed E-state index contributed by atoms with van der Waals surface area (Å²) < 4.78 is 0. The summed E-state index contributed by atoms with van der Waals surface area (Å²) in [6.45, 7) is 0.320. The van der Waals surface area contributed by atoms with Gasteiger partial charge in [-0.15, -0.1) is 0 Å². The lowest BCUT2D eigenvalue weighted by Gasteiger charge is -2.21. The number of amides is 1. The molecule has 1 aromatic rings. The minimum atomic E-state index is -0.859. The van der Waals surface area contributed by atoms with E-state index in [1.807, 2.05) is 24.3 Å². The van der Waals surface area contributed by atoms with E-state index in [0.29, 0.717) is 25.1 Å². The molecule has 1 saturated carbocycles. The molecule has 1 aliphatic rings. The lowest BCUT2D eigenvalue weighted by Crippen LogP contribution is -2.35. The smallest absolute Gasteiger partial charge is 0.305 e. The van der Waals surface area contributed by atoms with Crippen LogP contribution < -0.4 is 5.73 Å². The van der Waals surface area contributed by atoms with Gasteiger partial charge in [-0.2, -0.15) is 0 Å². The summed E-state index contributed by atoms with van der Waals surface area (Å²) in [5.41, 5.74) is 7.40. The number of nitrogens with zero attached hydrogens (tertiary/aromatic N) is 1. The minimum Gasteiger partial charge on any atom is -0.481 e. The van der Waals surface area contributed by atoms with Crippen molar-refractivity contribution >= 4 is 17.6 Å². The van der Waals surface area contributed by atoms with Gasteiger partial charge in [-0.3, -0.25) is 9.59 Å². The molecule has 0 atom stereocenters. The Morgan fingerprint density at radius 2 is 1.85 bits per heavy atom. The third-order valence-corrected chi connectivity index (χ3v) is 3.48. The van der Waals surface area contributed by atoms with Crippen molar-refractivity contribution in [1.82, 2.24) is 4.90 Å². The van der Waals surface area contributed by atoms with Gasteiger partial charge in [-0.05, 0) is 37.0 Å². The van der Waals surface area contributed by atoms with Gasteiger partial charge in [0.2, 0.25) is 5.91 Å². The molecule has 20 heavy (non-hydrogen) atoms. The van der Waals surface area contributed by atoms with E-state index in [1.54, 1.807) is 4.90 Å². The number of nitrogen functional groups attached to an aromatic ring is 1. The first kappa shape index (κ1) is 14.4. The van der Waals surface area contributed by atoms with E-state index in [9.17, 15) is 9.59 Å². The molecule has 108 valence electrons. The monoisotopic (exact) mass is 276 g/mol. The molecule has 0 spiro atoms. The number of rotatable bonds is 7. The minimum absolute atomic E-state index is 0.0180. The van der Waals surface area contributed by atoms with Crippen LogP contribution in [0.15, 0.2) is 24.3 Å². The molecule has 0 heterocycles. The average Bonchev–Trinajstić information content (AvgIpc) is 3.22. The fourth-order valence-electron chi connectivity index (χ4n) is 2.19. The highest BCUT2D eigenvalue weighted by molar-refractivity contribution is 5.78. The highest BCUT2D eigenvalue weighted by Crippen LogP contribution is 2.27. The fraction of sp³-hybridized carbons (Fsp3) is 0.467. The number of carboxylic acid groups (broad SMARTS) is 1. The maximum Gasteiger partial charge on any atom is 0.305 e. The molecular formula is C15H20N2O3. The van der Waals surface area contributed by atoms with Crippen LogP contribution >= 0.6 is 0 Å². The highest BCUT2D eigenvalue weighted by atomic mass is 16.4. The molecule has 0 radical (unpaired) electrons. The Hall–Kier alpha value is -2.04. The van der Waals surface area contributed by atoms with Crippen molar-refractivity contribution < 1.29 is 14.7 Å². The Kier molecular flexibility index (Phi) is 4.61. The van der Waals surface area contributed by atoms with Crippen molar-refractivity contribution in [3.63, 3.8) is 0 Å². The first-order valence-electron chi connectivity index (χ1n) is 6.92. The Morgan fingerprint density at radius 3 is 2.40 bits per heavy atom. The molecule has 0 saturated heterocycles. The van der Waals surface area contributed by atoms with Crippen molar-refractivity contribution in [2.24, 2.45) is 0 Å². The van der Waals surface area contributed by atoms with Gasteiger partial charge in [0.25, 0.3) is 0 Å². The second-order valence-corrected chi connectivity index (χ2v) is 5.20. The summed E-state index contributed by atoms with van der Waals surface area (Å²) in [5.74, 6) is -0.812. The number of hydrogen-bond donors (Lipinski definition) is 2. The van der Waals surface area contributed by atoms with Gasteiger partial charge < -0.3 is 15.7 Å². The lowest BCUT2D eigenvalue weighted by atomic mass is 10.1. The number of benzene rings is 1. The molecule has 5 nitrogen and oxygen atoms in total. The molecule has 0 unspecified atom stereocenters. The second-order valence-electron chi connectivity index (χ2n) is 5.20. The number of aliphatic carboxylic acids is 1. The quantitative estimate of drug-likeness (QED) is 0.742. The van der Waals surface area contributed by atoms with Crippen molar-refractivity contribution in [3.05, 3.63) is 29.8 Å². The summed E-state index contributed by atoms with van der Waals surface area (Å²) in [4.78, 5) is 24.5. The predicted octanol–water partition coefficient (Wildman–Crippen LogP) is 1.67. The summed E-state index contributed by atoms with van der Waals surface area (Å²) in [6, 6.07) is 7.74.